The first-order chi connectivity index (χ1) is 13.0. The molecule has 0 radical (unpaired) electrons. The van der Waals surface area contributed by atoms with E-state index in [1.807, 2.05) is 24.3 Å². The van der Waals surface area contributed by atoms with E-state index in [2.05, 4.69) is 4.72 Å². The van der Waals surface area contributed by atoms with Crippen LogP contribution in [0.1, 0.15) is 15.9 Å². The first kappa shape index (κ1) is 17.3. The van der Waals surface area contributed by atoms with Crippen molar-refractivity contribution in [3.8, 4) is 0 Å². The van der Waals surface area contributed by atoms with Crippen molar-refractivity contribution in [3.05, 3.63) is 90.0 Å². The fraction of sp³-hybridized carbons (Fsp3) is 0.0952. The lowest BCUT2D eigenvalue weighted by atomic mass is 10.1. The number of fused-ring (bicyclic) bond motifs is 1. The molecule has 0 aliphatic carbocycles. The maximum Gasteiger partial charge on any atom is 0.261 e. The van der Waals surface area contributed by atoms with Crippen molar-refractivity contribution >= 4 is 27.3 Å². The Labute approximate surface area is 158 Å². The monoisotopic (exact) mass is 378 g/mol. The number of benzene rings is 3. The number of amides is 1. The molecule has 1 amide bonds. The summed E-state index contributed by atoms with van der Waals surface area (Å²) in [7, 11) is -3.68. The number of nitrogens with one attached hydrogen (secondary N) is 1. The van der Waals surface area contributed by atoms with Crippen LogP contribution in [-0.4, -0.2) is 20.9 Å². The van der Waals surface area contributed by atoms with Gasteiger partial charge in [-0.1, -0.05) is 36.4 Å². The van der Waals surface area contributed by atoms with Crippen molar-refractivity contribution in [2.45, 2.75) is 11.3 Å². The van der Waals surface area contributed by atoms with E-state index >= 15 is 0 Å². The lowest BCUT2D eigenvalue weighted by Gasteiger charge is -2.17. The molecule has 1 aliphatic heterocycles. The van der Waals surface area contributed by atoms with Gasteiger partial charge in [0.2, 0.25) is 0 Å². The molecule has 0 bridgehead atoms. The third-order valence-corrected chi connectivity index (χ3v) is 5.93. The fourth-order valence-corrected chi connectivity index (χ4v) is 4.32. The van der Waals surface area contributed by atoms with Gasteiger partial charge in [0.1, 0.15) is 0 Å². The molecule has 0 atom stereocenters. The van der Waals surface area contributed by atoms with Crippen LogP contribution < -0.4 is 9.62 Å². The second-order valence-electron chi connectivity index (χ2n) is 6.33. The number of carbonyl (C=O) groups is 1. The van der Waals surface area contributed by atoms with Gasteiger partial charge in [-0.3, -0.25) is 9.52 Å². The van der Waals surface area contributed by atoms with Crippen LogP contribution in [0, 0.1) is 0 Å². The molecule has 136 valence electrons. The van der Waals surface area contributed by atoms with Gasteiger partial charge in [-0.15, -0.1) is 0 Å². The zero-order chi connectivity index (χ0) is 18.9. The summed E-state index contributed by atoms with van der Waals surface area (Å²) in [6, 6.07) is 22.8. The van der Waals surface area contributed by atoms with Crippen LogP contribution in [0.15, 0.2) is 83.8 Å². The number of hydrogen-bond donors (Lipinski definition) is 1. The van der Waals surface area contributed by atoms with Crippen molar-refractivity contribution in [2.24, 2.45) is 0 Å². The Kier molecular flexibility index (Phi) is 4.41. The van der Waals surface area contributed by atoms with Gasteiger partial charge < -0.3 is 4.90 Å². The van der Waals surface area contributed by atoms with Crippen molar-refractivity contribution in [3.63, 3.8) is 0 Å². The normalized spacial score (nSPS) is 13.3. The fourth-order valence-electron chi connectivity index (χ4n) is 3.21. The quantitative estimate of drug-likeness (QED) is 0.753. The highest BCUT2D eigenvalue weighted by atomic mass is 32.2. The van der Waals surface area contributed by atoms with Gasteiger partial charge in [0.05, 0.1) is 4.90 Å². The molecular formula is C21H18N2O3S. The van der Waals surface area contributed by atoms with Gasteiger partial charge in [-0.05, 0) is 54.4 Å². The molecule has 4 rings (SSSR count). The second-order valence-corrected chi connectivity index (χ2v) is 8.02. The molecule has 3 aromatic carbocycles. The molecule has 0 saturated heterocycles. The molecule has 3 aromatic rings. The number of nitrogens with zero attached hydrogens (tertiary/aromatic N) is 1. The number of rotatable bonds is 4. The lowest BCUT2D eigenvalue weighted by molar-refractivity contribution is 0.0989. The minimum Gasteiger partial charge on any atom is -0.308 e. The Morgan fingerprint density at radius 1 is 0.889 bits per heavy atom. The number of para-hydroxylation sites is 1. The molecule has 0 aromatic heterocycles. The molecule has 1 aliphatic rings. The Morgan fingerprint density at radius 3 is 2.26 bits per heavy atom. The minimum atomic E-state index is -3.68. The number of hydrogen-bond acceptors (Lipinski definition) is 3. The van der Waals surface area contributed by atoms with Crippen LogP contribution in [0.4, 0.5) is 11.4 Å². The van der Waals surface area contributed by atoms with Crippen LogP contribution in [0.5, 0.6) is 0 Å². The first-order valence-electron chi connectivity index (χ1n) is 8.62. The van der Waals surface area contributed by atoms with E-state index in [-0.39, 0.29) is 10.8 Å². The maximum atomic E-state index is 12.7. The van der Waals surface area contributed by atoms with Crippen LogP contribution in [-0.2, 0) is 16.4 Å². The standard InChI is InChI=1S/C21H18N2O3S/c24-21(16-7-3-1-4-8-16)23-14-13-17-15-19(11-12-20(17)23)27(25,26)22-18-9-5-2-6-10-18/h1-12,15,22H,13-14H2. The lowest BCUT2D eigenvalue weighted by Crippen LogP contribution is -2.28. The van der Waals surface area contributed by atoms with E-state index in [0.717, 1.165) is 11.3 Å². The van der Waals surface area contributed by atoms with Crippen LogP contribution in [0.2, 0.25) is 0 Å². The Bertz CT molecular complexity index is 1080. The summed E-state index contributed by atoms with van der Waals surface area (Å²) in [5, 5.41) is 0. The minimum absolute atomic E-state index is 0.0765. The van der Waals surface area contributed by atoms with Gasteiger partial charge in [-0.25, -0.2) is 8.42 Å². The van der Waals surface area contributed by atoms with E-state index in [1.165, 1.54) is 0 Å². The highest BCUT2D eigenvalue weighted by molar-refractivity contribution is 7.92. The van der Waals surface area contributed by atoms with E-state index in [1.54, 1.807) is 59.5 Å². The molecule has 5 nitrogen and oxygen atoms in total. The Balaban J connectivity index is 1.61. The van der Waals surface area contributed by atoms with E-state index in [0.29, 0.717) is 24.2 Å². The topological polar surface area (TPSA) is 66.5 Å². The van der Waals surface area contributed by atoms with Gasteiger partial charge in [-0.2, -0.15) is 0 Å². The second kappa shape index (κ2) is 6.89. The van der Waals surface area contributed by atoms with E-state index in [9.17, 15) is 13.2 Å². The Hall–Kier alpha value is -3.12. The average molecular weight is 378 g/mol. The number of anilines is 2. The summed E-state index contributed by atoms with van der Waals surface area (Å²) in [4.78, 5) is 14.6. The van der Waals surface area contributed by atoms with E-state index < -0.39 is 10.0 Å². The Morgan fingerprint density at radius 2 is 1.56 bits per heavy atom. The third kappa shape index (κ3) is 3.44. The highest BCUT2D eigenvalue weighted by Gasteiger charge is 2.27. The molecule has 0 fully saturated rings. The summed E-state index contributed by atoms with van der Waals surface area (Å²) in [6.45, 7) is 0.540. The summed E-state index contributed by atoms with van der Waals surface area (Å²) < 4.78 is 27.9. The zero-order valence-corrected chi connectivity index (χ0v) is 15.3. The van der Waals surface area contributed by atoms with Gasteiger partial charge >= 0.3 is 0 Å². The SMILES string of the molecule is O=C(c1ccccc1)N1CCc2cc(S(=O)(=O)Nc3ccccc3)ccc21. The molecule has 1 N–H and O–H groups in total. The van der Waals surface area contributed by atoms with Gasteiger partial charge in [0.25, 0.3) is 15.9 Å². The van der Waals surface area contributed by atoms with Crippen molar-refractivity contribution in [2.75, 3.05) is 16.2 Å². The molecule has 1 heterocycles. The highest BCUT2D eigenvalue weighted by Crippen LogP contribution is 2.31. The molecular weight excluding hydrogens is 360 g/mol. The van der Waals surface area contributed by atoms with Crippen molar-refractivity contribution in [1.82, 2.24) is 0 Å². The molecule has 0 unspecified atom stereocenters. The molecule has 27 heavy (non-hydrogen) atoms. The molecule has 0 saturated carbocycles. The summed E-state index contributed by atoms with van der Waals surface area (Å²) in [5.74, 6) is -0.0765. The largest absolute Gasteiger partial charge is 0.308 e. The predicted octanol–water partition coefficient (Wildman–Crippen LogP) is 3.69. The van der Waals surface area contributed by atoms with Crippen molar-refractivity contribution in [1.29, 1.82) is 0 Å². The van der Waals surface area contributed by atoms with Crippen molar-refractivity contribution < 1.29 is 13.2 Å². The number of sulfonamides is 1. The van der Waals surface area contributed by atoms with Crippen LogP contribution in [0.25, 0.3) is 0 Å². The smallest absolute Gasteiger partial charge is 0.261 e. The predicted molar refractivity (Wildman–Crippen MR) is 106 cm³/mol. The van der Waals surface area contributed by atoms with Crippen LogP contribution in [0.3, 0.4) is 0 Å². The average Bonchev–Trinajstić information content (AvgIpc) is 3.12. The zero-order valence-electron chi connectivity index (χ0n) is 14.5. The van der Waals surface area contributed by atoms with Gasteiger partial charge in [0, 0.05) is 23.5 Å². The maximum absolute atomic E-state index is 12.7. The summed E-state index contributed by atoms with van der Waals surface area (Å²) >= 11 is 0. The molecule has 0 spiro atoms. The third-order valence-electron chi connectivity index (χ3n) is 4.55. The van der Waals surface area contributed by atoms with E-state index in [4.69, 9.17) is 0 Å². The summed E-state index contributed by atoms with van der Waals surface area (Å²) in [5.41, 5.74) is 2.75. The van der Waals surface area contributed by atoms with Gasteiger partial charge in [0.15, 0.2) is 0 Å². The molecule has 6 heteroatoms. The van der Waals surface area contributed by atoms with Crippen LogP contribution >= 0.6 is 0 Å². The number of carbonyl (C=O) groups excluding carboxylic acids is 1. The first-order valence-corrected chi connectivity index (χ1v) is 10.1. The summed E-state index contributed by atoms with van der Waals surface area (Å²) in [6.07, 6.45) is 0.628.